The Hall–Kier alpha value is -2.86. The van der Waals surface area contributed by atoms with Crippen molar-refractivity contribution in [2.24, 2.45) is 0 Å². The van der Waals surface area contributed by atoms with E-state index in [0.29, 0.717) is 0 Å². The molecule has 29 heavy (non-hydrogen) atoms. The molecule has 0 fully saturated rings. The number of nitrogens with zero attached hydrogens (tertiary/aromatic N) is 2. The zero-order valence-corrected chi connectivity index (χ0v) is 17.1. The van der Waals surface area contributed by atoms with Crippen LogP contribution >= 0.6 is 0 Å². The molecule has 154 valence electrons. The molecule has 0 bridgehead atoms. The largest absolute Gasteiger partial charge is 0.494 e. The van der Waals surface area contributed by atoms with Crippen molar-refractivity contribution in [3.63, 3.8) is 0 Å². The van der Waals surface area contributed by atoms with Crippen LogP contribution in [-0.4, -0.2) is 44.2 Å². The van der Waals surface area contributed by atoms with Crippen LogP contribution in [0.15, 0.2) is 60.3 Å². The average Bonchev–Trinajstić information content (AvgIpc) is 2.69. The molecule has 0 radical (unpaired) electrons. The van der Waals surface area contributed by atoms with Crippen LogP contribution in [0.3, 0.4) is 0 Å². The van der Waals surface area contributed by atoms with Crippen LogP contribution in [0.1, 0.15) is 17.5 Å². The van der Waals surface area contributed by atoms with Crippen LogP contribution in [0.4, 0.5) is 8.78 Å². The SMILES string of the molecule is COc1ccc(C2=CC(CN(C)C)=CN(CCCc3ccc(F)cc3)N2)cc1F. The summed E-state index contributed by atoms with van der Waals surface area (Å²) in [4.78, 5) is 2.09. The maximum Gasteiger partial charge on any atom is 0.165 e. The van der Waals surface area contributed by atoms with Gasteiger partial charge in [-0.2, -0.15) is 0 Å². The van der Waals surface area contributed by atoms with Gasteiger partial charge in [-0.1, -0.05) is 12.1 Å². The third kappa shape index (κ3) is 5.81. The minimum absolute atomic E-state index is 0.218. The van der Waals surface area contributed by atoms with E-state index in [-0.39, 0.29) is 17.4 Å². The molecule has 0 saturated heterocycles. The van der Waals surface area contributed by atoms with Gasteiger partial charge in [-0.25, -0.2) is 8.78 Å². The van der Waals surface area contributed by atoms with Crippen molar-refractivity contribution in [3.05, 3.63) is 83.1 Å². The first-order chi connectivity index (χ1) is 13.9. The van der Waals surface area contributed by atoms with Gasteiger partial charge in [0.05, 0.1) is 12.8 Å². The fraction of sp³-hybridized carbons (Fsp3) is 0.304. The molecule has 6 heteroatoms. The highest BCUT2D eigenvalue weighted by atomic mass is 19.1. The average molecular weight is 399 g/mol. The number of hydrogen-bond acceptors (Lipinski definition) is 4. The normalized spacial score (nSPS) is 13.8. The summed E-state index contributed by atoms with van der Waals surface area (Å²) in [5.74, 6) is -0.381. The third-order valence-electron chi connectivity index (χ3n) is 4.65. The molecule has 0 atom stereocenters. The molecule has 0 aliphatic carbocycles. The number of aryl methyl sites for hydroxylation is 1. The van der Waals surface area contributed by atoms with Crippen molar-refractivity contribution in [3.8, 4) is 5.75 Å². The lowest BCUT2D eigenvalue weighted by atomic mass is 10.1. The molecule has 0 unspecified atom stereocenters. The van der Waals surface area contributed by atoms with E-state index in [2.05, 4.69) is 16.5 Å². The van der Waals surface area contributed by atoms with Crippen LogP contribution < -0.4 is 10.2 Å². The smallest absolute Gasteiger partial charge is 0.165 e. The van der Waals surface area contributed by atoms with Crippen LogP contribution in [0, 0.1) is 11.6 Å². The van der Waals surface area contributed by atoms with Gasteiger partial charge in [0.25, 0.3) is 0 Å². The van der Waals surface area contributed by atoms with Crippen molar-refractivity contribution in [2.45, 2.75) is 12.8 Å². The maximum atomic E-state index is 14.2. The molecule has 0 spiro atoms. The van der Waals surface area contributed by atoms with E-state index in [1.54, 1.807) is 6.07 Å². The maximum absolute atomic E-state index is 14.2. The van der Waals surface area contributed by atoms with E-state index in [9.17, 15) is 8.78 Å². The Morgan fingerprint density at radius 3 is 2.48 bits per heavy atom. The van der Waals surface area contributed by atoms with Crippen LogP contribution in [0.5, 0.6) is 5.75 Å². The number of ether oxygens (including phenoxy) is 1. The Morgan fingerprint density at radius 1 is 1.07 bits per heavy atom. The Labute approximate surface area is 171 Å². The Balaban J connectivity index is 1.71. The number of hydrogen-bond donors (Lipinski definition) is 1. The molecule has 0 saturated carbocycles. The van der Waals surface area contributed by atoms with Crippen molar-refractivity contribution in [1.82, 2.24) is 15.3 Å². The predicted molar refractivity (Wildman–Crippen MR) is 112 cm³/mol. The molecule has 3 rings (SSSR count). The molecule has 1 aliphatic rings. The Kier molecular flexibility index (Phi) is 6.88. The summed E-state index contributed by atoms with van der Waals surface area (Å²) in [6.45, 7) is 1.54. The second kappa shape index (κ2) is 9.56. The lowest BCUT2D eigenvalue weighted by Crippen LogP contribution is -2.36. The highest BCUT2D eigenvalue weighted by Gasteiger charge is 2.15. The highest BCUT2D eigenvalue weighted by Crippen LogP contribution is 2.24. The molecule has 0 aromatic heterocycles. The molecule has 1 N–H and O–H groups in total. The molecule has 1 heterocycles. The first kappa shape index (κ1) is 20.9. The van der Waals surface area contributed by atoms with Gasteiger partial charge in [-0.05, 0) is 74.5 Å². The van der Waals surface area contributed by atoms with Gasteiger partial charge >= 0.3 is 0 Å². The summed E-state index contributed by atoms with van der Waals surface area (Å²) in [6, 6.07) is 11.6. The van der Waals surface area contributed by atoms with Gasteiger partial charge in [0.2, 0.25) is 0 Å². The van der Waals surface area contributed by atoms with E-state index in [1.807, 2.05) is 43.4 Å². The summed E-state index contributed by atoms with van der Waals surface area (Å²) in [5, 5.41) is 2.03. The monoisotopic (exact) mass is 399 g/mol. The molecule has 4 nitrogen and oxygen atoms in total. The van der Waals surface area contributed by atoms with Crippen molar-refractivity contribution < 1.29 is 13.5 Å². The van der Waals surface area contributed by atoms with Crippen LogP contribution in [0.2, 0.25) is 0 Å². The summed E-state index contributed by atoms with van der Waals surface area (Å²) >= 11 is 0. The quantitative estimate of drug-likeness (QED) is 0.720. The summed E-state index contributed by atoms with van der Waals surface area (Å²) < 4.78 is 32.3. The number of halogens is 2. The van der Waals surface area contributed by atoms with Crippen molar-refractivity contribution in [2.75, 3.05) is 34.3 Å². The van der Waals surface area contributed by atoms with Gasteiger partial charge in [-0.3, -0.25) is 10.4 Å². The summed E-state index contributed by atoms with van der Waals surface area (Å²) in [7, 11) is 5.49. The number of nitrogens with one attached hydrogen (secondary N) is 1. The minimum Gasteiger partial charge on any atom is -0.494 e. The van der Waals surface area contributed by atoms with Gasteiger partial charge in [-0.15, -0.1) is 0 Å². The minimum atomic E-state index is -0.390. The number of likely N-dealkylation sites (N-methyl/N-ethyl adjacent to an activating group) is 1. The second-order valence-electron chi connectivity index (χ2n) is 7.38. The topological polar surface area (TPSA) is 27.7 Å². The van der Waals surface area contributed by atoms with E-state index in [1.165, 1.54) is 25.3 Å². The number of hydrazine groups is 1. The predicted octanol–water partition coefficient (Wildman–Crippen LogP) is 4.21. The Morgan fingerprint density at radius 2 is 1.83 bits per heavy atom. The number of methoxy groups -OCH3 is 1. The van der Waals surface area contributed by atoms with Gasteiger partial charge < -0.3 is 9.64 Å². The fourth-order valence-electron chi connectivity index (χ4n) is 3.30. The third-order valence-corrected chi connectivity index (χ3v) is 4.65. The van der Waals surface area contributed by atoms with Gasteiger partial charge in [0.15, 0.2) is 11.6 Å². The molecule has 1 aliphatic heterocycles. The Bertz CT molecular complexity index is 891. The molecule has 0 amide bonds. The zero-order chi connectivity index (χ0) is 20.8. The first-order valence-corrected chi connectivity index (χ1v) is 9.63. The van der Waals surface area contributed by atoms with E-state index >= 15 is 0 Å². The van der Waals surface area contributed by atoms with E-state index < -0.39 is 0 Å². The summed E-state index contributed by atoms with van der Waals surface area (Å²) in [6.07, 6.45) is 5.87. The second-order valence-corrected chi connectivity index (χ2v) is 7.38. The number of benzene rings is 2. The fourth-order valence-corrected chi connectivity index (χ4v) is 3.30. The van der Waals surface area contributed by atoms with E-state index in [0.717, 1.165) is 48.3 Å². The number of rotatable bonds is 8. The van der Waals surface area contributed by atoms with Crippen molar-refractivity contribution in [1.29, 1.82) is 0 Å². The zero-order valence-electron chi connectivity index (χ0n) is 17.1. The van der Waals surface area contributed by atoms with Crippen LogP contribution in [-0.2, 0) is 6.42 Å². The lowest BCUT2D eigenvalue weighted by Gasteiger charge is -2.30. The highest BCUT2D eigenvalue weighted by molar-refractivity contribution is 5.68. The van der Waals surface area contributed by atoms with Gasteiger partial charge in [0.1, 0.15) is 5.82 Å². The standard InChI is InChI=1S/C23H27F2N3O/c1-27(2)15-18-13-22(19-8-11-23(29-3)21(25)14-19)26-28(16-18)12-4-5-17-6-9-20(24)10-7-17/h6-11,13-14,16,26H,4-5,12,15H2,1-3H3. The van der Waals surface area contributed by atoms with Crippen LogP contribution in [0.25, 0.3) is 5.70 Å². The lowest BCUT2D eigenvalue weighted by molar-refractivity contribution is 0.310. The van der Waals surface area contributed by atoms with Crippen molar-refractivity contribution >= 4 is 5.70 Å². The molecule has 2 aromatic rings. The van der Waals surface area contributed by atoms with Gasteiger partial charge in [0, 0.05) is 24.9 Å². The first-order valence-electron chi connectivity index (χ1n) is 9.63. The van der Waals surface area contributed by atoms with E-state index in [4.69, 9.17) is 4.74 Å². The molecular weight excluding hydrogens is 372 g/mol. The molecular formula is C23H27F2N3O. The molecule has 2 aromatic carbocycles. The summed E-state index contributed by atoms with van der Waals surface area (Å²) in [5.41, 5.74) is 7.20.